The van der Waals surface area contributed by atoms with E-state index in [1.54, 1.807) is 11.0 Å². The summed E-state index contributed by atoms with van der Waals surface area (Å²) in [5, 5.41) is 0. The van der Waals surface area contributed by atoms with Crippen LogP contribution in [-0.2, 0) is 4.79 Å². The molecule has 0 radical (unpaired) electrons. The lowest BCUT2D eigenvalue weighted by Gasteiger charge is -1.86. The predicted octanol–water partition coefficient (Wildman–Crippen LogP) is 2.77. The molecule has 0 amide bonds. The van der Waals surface area contributed by atoms with E-state index >= 15 is 0 Å². The van der Waals surface area contributed by atoms with Crippen molar-refractivity contribution in [3.05, 3.63) is 52.4 Å². The van der Waals surface area contributed by atoms with E-state index < -0.39 is 0 Å². The Balaban J connectivity index is 0.000000424. The molecule has 0 aliphatic carbocycles. The van der Waals surface area contributed by atoms with Gasteiger partial charge in [0.1, 0.15) is 6.29 Å². The molecule has 0 aliphatic heterocycles. The molecule has 0 unspecified atom stereocenters. The fourth-order valence-electron chi connectivity index (χ4n) is 0.715. The Labute approximate surface area is 75.9 Å². The number of aldehydes is 1. The molecule has 0 aliphatic rings. The van der Waals surface area contributed by atoms with Crippen LogP contribution in [0.25, 0.3) is 16.5 Å². The fourth-order valence-corrected chi connectivity index (χ4v) is 0.715. The smallest absolute Gasteiger partial charge is 0.142 e. The van der Waals surface area contributed by atoms with Crippen molar-refractivity contribution in [1.29, 1.82) is 5.53 Å². The van der Waals surface area contributed by atoms with E-state index in [0.717, 1.165) is 11.8 Å². The average Bonchev–Trinajstić information content (AvgIpc) is 2.18. The summed E-state index contributed by atoms with van der Waals surface area (Å²) in [5.41, 5.74) is 13.3. The van der Waals surface area contributed by atoms with Gasteiger partial charge in [0.05, 0.1) is 0 Å². The van der Waals surface area contributed by atoms with Crippen LogP contribution in [0.4, 0.5) is 0 Å². The molecular weight excluding hydrogens is 166 g/mol. The van der Waals surface area contributed by atoms with Crippen LogP contribution in [0.3, 0.4) is 0 Å². The van der Waals surface area contributed by atoms with E-state index in [1.807, 2.05) is 30.3 Å². The Bertz CT molecular complexity index is 300. The lowest BCUT2D eigenvalue weighted by Crippen LogP contribution is -1.67. The normalized spacial score (nSPS) is 8.31. The number of allylic oxidation sites excluding steroid dienone is 1. The van der Waals surface area contributed by atoms with Crippen LogP contribution in [-0.4, -0.2) is 6.29 Å². The Morgan fingerprint density at radius 1 is 1.31 bits per heavy atom. The maximum absolute atomic E-state index is 9.89. The van der Waals surface area contributed by atoms with Gasteiger partial charge in [0.2, 0.25) is 0 Å². The molecule has 66 valence electrons. The Morgan fingerprint density at radius 2 is 1.85 bits per heavy atom. The summed E-state index contributed by atoms with van der Waals surface area (Å²) in [7, 11) is 0. The number of benzene rings is 1. The second-order valence-corrected chi connectivity index (χ2v) is 2.01. The molecule has 0 saturated carbocycles. The quantitative estimate of drug-likeness (QED) is 0.242. The molecule has 0 bridgehead atoms. The Kier molecular flexibility index (Phi) is 6.77. The molecule has 1 aromatic carbocycles. The summed E-state index contributed by atoms with van der Waals surface area (Å²) in [6, 6.07) is 9.70. The van der Waals surface area contributed by atoms with Crippen molar-refractivity contribution in [2.24, 2.45) is 0 Å². The SMILES string of the molecule is O=CC=Cc1ccccc1.[N-]=[N+]=N. The third-order valence-corrected chi connectivity index (χ3v) is 1.17. The van der Waals surface area contributed by atoms with Crippen LogP contribution in [0.5, 0.6) is 0 Å². The van der Waals surface area contributed by atoms with Crippen LogP contribution in [0, 0.1) is 5.53 Å². The third-order valence-electron chi connectivity index (χ3n) is 1.17. The monoisotopic (exact) mass is 175 g/mol. The van der Waals surface area contributed by atoms with Crippen molar-refractivity contribution >= 4 is 12.4 Å². The second-order valence-electron chi connectivity index (χ2n) is 2.01. The van der Waals surface area contributed by atoms with Crippen LogP contribution >= 0.6 is 0 Å². The first-order valence-electron chi connectivity index (χ1n) is 3.53. The fraction of sp³-hybridized carbons (Fsp3) is 0. The van der Waals surface area contributed by atoms with Gasteiger partial charge in [-0.25, -0.2) is 0 Å². The Morgan fingerprint density at radius 3 is 2.31 bits per heavy atom. The summed E-state index contributed by atoms with van der Waals surface area (Å²) in [5.74, 6) is 0. The van der Waals surface area contributed by atoms with E-state index in [4.69, 9.17) is 11.1 Å². The molecule has 0 spiro atoms. The highest BCUT2D eigenvalue weighted by molar-refractivity contribution is 5.73. The zero-order valence-electron chi connectivity index (χ0n) is 6.92. The van der Waals surface area contributed by atoms with Gasteiger partial charge in [0, 0.05) is 0 Å². The van der Waals surface area contributed by atoms with E-state index in [9.17, 15) is 4.79 Å². The lowest BCUT2D eigenvalue weighted by atomic mass is 10.2. The van der Waals surface area contributed by atoms with Gasteiger partial charge in [-0.1, -0.05) is 36.4 Å². The third kappa shape index (κ3) is 6.34. The van der Waals surface area contributed by atoms with E-state index in [0.29, 0.717) is 0 Å². The molecule has 4 heteroatoms. The van der Waals surface area contributed by atoms with Crippen LogP contribution in [0.2, 0.25) is 0 Å². The summed E-state index contributed by atoms with van der Waals surface area (Å²) >= 11 is 0. The first-order chi connectivity index (χ1) is 6.35. The molecule has 1 aromatic rings. The number of hydrogen-bond donors (Lipinski definition) is 1. The van der Waals surface area contributed by atoms with Crippen molar-refractivity contribution in [1.82, 2.24) is 0 Å². The second kappa shape index (κ2) is 8.04. The maximum atomic E-state index is 9.89. The lowest BCUT2D eigenvalue weighted by molar-refractivity contribution is -0.104. The van der Waals surface area contributed by atoms with Crippen molar-refractivity contribution in [2.75, 3.05) is 0 Å². The Hall–Kier alpha value is -2.06. The highest BCUT2D eigenvalue weighted by Crippen LogP contribution is 1.99. The van der Waals surface area contributed by atoms with E-state index in [-0.39, 0.29) is 0 Å². The molecule has 1 rings (SSSR count). The zero-order chi connectivity index (χ0) is 9.94. The maximum Gasteiger partial charge on any atom is 0.142 e. The molecule has 4 nitrogen and oxygen atoms in total. The number of carbonyl (C=O) groups excluding carboxylic acids is 1. The standard InChI is InChI=1S/C9H8O.HN3/c10-8-4-7-9-5-2-1-3-6-9;1-3-2/h1-8H;1H. The van der Waals surface area contributed by atoms with Crippen LogP contribution in [0.15, 0.2) is 36.4 Å². The minimum atomic E-state index is 0.771. The summed E-state index contributed by atoms with van der Waals surface area (Å²) in [6.07, 6.45) is 4.02. The largest absolute Gasteiger partial charge is 0.299 e. The van der Waals surface area contributed by atoms with Crippen LogP contribution in [0.1, 0.15) is 5.56 Å². The first-order valence-corrected chi connectivity index (χ1v) is 3.53. The predicted molar refractivity (Wildman–Crippen MR) is 51.0 cm³/mol. The highest BCUT2D eigenvalue weighted by atomic mass is 16.1. The molecular formula is C9H9N3O. The van der Waals surface area contributed by atoms with E-state index in [1.165, 1.54) is 6.08 Å². The molecule has 1 N–H and O–H groups in total. The van der Waals surface area contributed by atoms with Crippen molar-refractivity contribution in [2.45, 2.75) is 0 Å². The zero-order valence-corrected chi connectivity index (χ0v) is 6.92. The first kappa shape index (κ1) is 10.9. The number of nitrogens with one attached hydrogen (secondary N) is 1. The molecule has 0 saturated heterocycles. The number of rotatable bonds is 2. The van der Waals surface area contributed by atoms with E-state index in [2.05, 4.69) is 0 Å². The van der Waals surface area contributed by atoms with Crippen molar-refractivity contribution in [3.8, 4) is 0 Å². The van der Waals surface area contributed by atoms with Crippen molar-refractivity contribution in [3.63, 3.8) is 0 Å². The molecule has 0 aromatic heterocycles. The number of nitrogens with zero attached hydrogens (tertiary/aromatic N) is 2. The van der Waals surface area contributed by atoms with Gasteiger partial charge in [0.15, 0.2) is 0 Å². The van der Waals surface area contributed by atoms with Gasteiger partial charge < -0.3 is 0 Å². The van der Waals surface area contributed by atoms with Gasteiger partial charge >= 0.3 is 0 Å². The van der Waals surface area contributed by atoms with Crippen LogP contribution < -0.4 is 0 Å². The number of hydrogen-bond acceptors (Lipinski definition) is 2. The van der Waals surface area contributed by atoms with Gasteiger partial charge in [-0.3, -0.25) is 4.79 Å². The summed E-state index contributed by atoms with van der Waals surface area (Å²) in [6.45, 7) is 0. The van der Waals surface area contributed by atoms with Crippen molar-refractivity contribution < 1.29 is 4.79 Å². The topological polar surface area (TPSA) is 77.3 Å². The minimum Gasteiger partial charge on any atom is -0.299 e. The number of carbonyl (C=O) groups is 1. The van der Waals surface area contributed by atoms with Gasteiger partial charge in [-0.05, 0) is 22.1 Å². The van der Waals surface area contributed by atoms with Gasteiger partial charge in [-0.15, -0.1) is 5.53 Å². The average molecular weight is 175 g/mol. The molecule has 0 atom stereocenters. The van der Waals surface area contributed by atoms with Gasteiger partial charge in [0.25, 0.3) is 0 Å². The molecule has 13 heavy (non-hydrogen) atoms. The summed E-state index contributed by atoms with van der Waals surface area (Å²) in [4.78, 5) is 11.6. The molecule has 0 fully saturated rings. The molecule has 0 heterocycles. The minimum absolute atomic E-state index is 0.771. The summed E-state index contributed by atoms with van der Waals surface area (Å²) < 4.78 is 0. The van der Waals surface area contributed by atoms with Gasteiger partial charge in [-0.2, -0.15) is 0 Å². The highest BCUT2D eigenvalue weighted by Gasteiger charge is 1.79.